The van der Waals surface area contributed by atoms with Gasteiger partial charge in [0.25, 0.3) is 0 Å². The Balaban J connectivity index is 2.37. The molecule has 0 N–H and O–H groups in total. The van der Waals surface area contributed by atoms with E-state index in [1.807, 2.05) is 0 Å². The van der Waals surface area contributed by atoms with Gasteiger partial charge in [0.05, 0.1) is 6.26 Å². The minimum Gasteiger partial charge on any atom is -0.464 e. The van der Waals surface area contributed by atoms with Crippen LogP contribution in [-0.4, -0.2) is 6.36 Å². The predicted molar refractivity (Wildman–Crippen MR) is 58.5 cm³/mol. The van der Waals surface area contributed by atoms with Crippen molar-refractivity contribution in [2.75, 3.05) is 0 Å². The Labute approximate surface area is 103 Å². The summed E-state index contributed by atoms with van der Waals surface area (Å²) in [4.78, 5) is 0. The van der Waals surface area contributed by atoms with Gasteiger partial charge < -0.3 is 9.15 Å². The summed E-state index contributed by atoms with van der Waals surface area (Å²) in [5.41, 5.74) is 0.497. The highest BCUT2D eigenvalue weighted by molar-refractivity contribution is 9.10. The van der Waals surface area contributed by atoms with Crippen molar-refractivity contribution in [3.63, 3.8) is 0 Å². The molecule has 17 heavy (non-hydrogen) atoms. The normalized spacial score (nSPS) is 11.5. The minimum atomic E-state index is -4.70. The molecule has 90 valence electrons. The van der Waals surface area contributed by atoms with E-state index in [1.54, 1.807) is 12.1 Å². The molecule has 2 aromatic rings. The third-order valence-electron chi connectivity index (χ3n) is 1.96. The lowest BCUT2D eigenvalue weighted by Crippen LogP contribution is -2.17. The van der Waals surface area contributed by atoms with Gasteiger partial charge in [-0.15, -0.1) is 13.2 Å². The van der Waals surface area contributed by atoms with Crippen molar-refractivity contribution in [1.29, 1.82) is 0 Å². The van der Waals surface area contributed by atoms with E-state index < -0.39 is 6.36 Å². The van der Waals surface area contributed by atoms with Crippen LogP contribution in [0.5, 0.6) is 5.75 Å². The lowest BCUT2D eigenvalue weighted by molar-refractivity contribution is -0.274. The zero-order valence-electron chi connectivity index (χ0n) is 8.29. The Morgan fingerprint density at radius 2 is 1.94 bits per heavy atom. The van der Waals surface area contributed by atoms with Crippen molar-refractivity contribution in [3.8, 4) is 17.1 Å². The topological polar surface area (TPSA) is 22.4 Å². The van der Waals surface area contributed by atoms with Gasteiger partial charge in [-0.3, -0.25) is 0 Å². The van der Waals surface area contributed by atoms with Crippen LogP contribution < -0.4 is 4.74 Å². The standard InChI is InChI=1S/C11H6BrF3O2/c12-9-4-3-7(17-11(13,14)15)6-8(9)10-2-1-5-16-10/h1-6H. The van der Waals surface area contributed by atoms with Crippen molar-refractivity contribution in [1.82, 2.24) is 0 Å². The van der Waals surface area contributed by atoms with Crippen LogP contribution in [0.3, 0.4) is 0 Å². The maximum absolute atomic E-state index is 12.1. The fourth-order valence-electron chi connectivity index (χ4n) is 1.32. The zero-order valence-corrected chi connectivity index (χ0v) is 9.88. The fraction of sp³-hybridized carbons (Fsp3) is 0.0909. The number of benzene rings is 1. The van der Waals surface area contributed by atoms with E-state index in [-0.39, 0.29) is 5.75 Å². The van der Waals surface area contributed by atoms with E-state index in [4.69, 9.17) is 4.42 Å². The van der Waals surface area contributed by atoms with Gasteiger partial charge in [-0.2, -0.15) is 0 Å². The molecule has 1 aromatic heterocycles. The van der Waals surface area contributed by atoms with Gasteiger partial charge in [0.1, 0.15) is 11.5 Å². The van der Waals surface area contributed by atoms with Crippen LogP contribution in [0.15, 0.2) is 45.5 Å². The molecule has 0 spiro atoms. The van der Waals surface area contributed by atoms with Gasteiger partial charge in [0.15, 0.2) is 0 Å². The third-order valence-corrected chi connectivity index (χ3v) is 2.65. The number of hydrogen-bond donors (Lipinski definition) is 0. The lowest BCUT2D eigenvalue weighted by Gasteiger charge is -2.10. The van der Waals surface area contributed by atoms with Crippen LogP contribution in [0.4, 0.5) is 13.2 Å². The first-order chi connectivity index (χ1) is 7.96. The molecule has 2 nitrogen and oxygen atoms in total. The van der Waals surface area contributed by atoms with Gasteiger partial charge in [0, 0.05) is 10.0 Å². The molecule has 2 rings (SSSR count). The van der Waals surface area contributed by atoms with E-state index in [1.165, 1.54) is 24.5 Å². The van der Waals surface area contributed by atoms with Crippen molar-refractivity contribution >= 4 is 15.9 Å². The summed E-state index contributed by atoms with van der Waals surface area (Å²) >= 11 is 3.23. The largest absolute Gasteiger partial charge is 0.573 e. The van der Waals surface area contributed by atoms with Gasteiger partial charge in [0.2, 0.25) is 0 Å². The molecule has 1 aromatic carbocycles. The third kappa shape index (κ3) is 3.03. The maximum atomic E-state index is 12.1. The Morgan fingerprint density at radius 1 is 1.18 bits per heavy atom. The number of alkyl halides is 3. The first-order valence-electron chi connectivity index (χ1n) is 4.55. The monoisotopic (exact) mass is 306 g/mol. The van der Waals surface area contributed by atoms with E-state index in [9.17, 15) is 13.2 Å². The quantitative estimate of drug-likeness (QED) is 0.808. The van der Waals surface area contributed by atoms with Gasteiger partial charge in [-0.1, -0.05) is 15.9 Å². The molecule has 0 aliphatic carbocycles. The number of halogens is 4. The molecular weight excluding hydrogens is 301 g/mol. The molecule has 0 unspecified atom stereocenters. The molecule has 0 fully saturated rings. The maximum Gasteiger partial charge on any atom is 0.573 e. The number of rotatable bonds is 2. The molecule has 0 radical (unpaired) electrons. The van der Waals surface area contributed by atoms with Crippen LogP contribution in [-0.2, 0) is 0 Å². The Morgan fingerprint density at radius 3 is 2.53 bits per heavy atom. The van der Waals surface area contributed by atoms with E-state index in [2.05, 4.69) is 20.7 Å². The lowest BCUT2D eigenvalue weighted by atomic mass is 10.1. The van der Waals surface area contributed by atoms with E-state index in [0.29, 0.717) is 15.8 Å². The second-order valence-electron chi connectivity index (χ2n) is 3.17. The molecule has 0 atom stereocenters. The van der Waals surface area contributed by atoms with E-state index in [0.717, 1.165) is 0 Å². The molecule has 0 amide bonds. The van der Waals surface area contributed by atoms with Crippen molar-refractivity contribution < 1.29 is 22.3 Å². The predicted octanol–water partition coefficient (Wildman–Crippen LogP) is 4.61. The minimum absolute atomic E-state index is 0.285. The second-order valence-corrected chi connectivity index (χ2v) is 4.02. The van der Waals surface area contributed by atoms with Crippen LogP contribution >= 0.6 is 15.9 Å². The highest BCUT2D eigenvalue weighted by Gasteiger charge is 2.31. The molecule has 0 bridgehead atoms. The Hall–Kier alpha value is -1.43. The first-order valence-corrected chi connectivity index (χ1v) is 5.34. The van der Waals surface area contributed by atoms with Crippen molar-refractivity contribution in [3.05, 3.63) is 41.1 Å². The highest BCUT2D eigenvalue weighted by atomic mass is 79.9. The van der Waals surface area contributed by atoms with Crippen molar-refractivity contribution in [2.24, 2.45) is 0 Å². The van der Waals surface area contributed by atoms with Crippen LogP contribution in [0.2, 0.25) is 0 Å². The SMILES string of the molecule is FC(F)(F)Oc1ccc(Br)c(-c2ccco2)c1. The highest BCUT2D eigenvalue weighted by Crippen LogP contribution is 2.33. The number of furan rings is 1. The summed E-state index contributed by atoms with van der Waals surface area (Å²) in [6.07, 6.45) is -3.26. The van der Waals surface area contributed by atoms with Gasteiger partial charge in [-0.25, -0.2) is 0 Å². The molecule has 0 aliphatic heterocycles. The fourth-order valence-corrected chi connectivity index (χ4v) is 1.76. The molecular formula is C11H6BrF3O2. The smallest absolute Gasteiger partial charge is 0.464 e. The summed E-state index contributed by atoms with van der Waals surface area (Å²) < 4.78 is 45.8. The summed E-state index contributed by atoms with van der Waals surface area (Å²) in [5.74, 6) is 0.177. The van der Waals surface area contributed by atoms with Crippen LogP contribution in [0, 0.1) is 0 Å². The average Bonchev–Trinajstić information content (AvgIpc) is 2.72. The molecule has 0 saturated carbocycles. The van der Waals surface area contributed by atoms with Crippen LogP contribution in [0.1, 0.15) is 0 Å². The Kier molecular flexibility index (Phi) is 3.15. The average molecular weight is 307 g/mol. The van der Waals surface area contributed by atoms with Crippen LogP contribution in [0.25, 0.3) is 11.3 Å². The van der Waals surface area contributed by atoms with Gasteiger partial charge >= 0.3 is 6.36 Å². The summed E-state index contributed by atoms with van der Waals surface area (Å²) in [6.45, 7) is 0. The summed E-state index contributed by atoms with van der Waals surface area (Å²) in [7, 11) is 0. The van der Waals surface area contributed by atoms with Gasteiger partial charge in [-0.05, 0) is 30.3 Å². The summed E-state index contributed by atoms with van der Waals surface area (Å²) in [5, 5.41) is 0. The number of ether oxygens (including phenoxy) is 1. The number of hydrogen-bond acceptors (Lipinski definition) is 2. The second kappa shape index (κ2) is 4.44. The molecule has 0 saturated heterocycles. The van der Waals surface area contributed by atoms with Crippen molar-refractivity contribution in [2.45, 2.75) is 6.36 Å². The summed E-state index contributed by atoms with van der Waals surface area (Å²) in [6, 6.07) is 7.26. The molecule has 0 aliphatic rings. The zero-order chi connectivity index (χ0) is 12.5. The Bertz CT molecular complexity index is 506. The first kappa shape index (κ1) is 12.0. The van der Waals surface area contributed by atoms with E-state index >= 15 is 0 Å². The molecule has 6 heteroatoms. The molecule has 1 heterocycles.